The first-order chi connectivity index (χ1) is 10.0. The van der Waals surface area contributed by atoms with E-state index in [1.54, 1.807) is 43.3 Å². The first-order valence-electron chi connectivity index (χ1n) is 6.22. The number of carbonyl (C=O) groups excluding carboxylic acids is 2. The molecule has 0 saturated carbocycles. The molecule has 2 aromatic rings. The molecular weight excluding hydrogens is 311 g/mol. The Morgan fingerprint density at radius 3 is 2.38 bits per heavy atom. The SMILES string of the molecule is CC(Oc1ccc(C=O)cc1)C(=O)c1ccc(Cl)cc1Cl. The summed E-state index contributed by atoms with van der Waals surface area (Å²) in [5, 5.41) is 0.758. The van der Waals surface area contributed by atoms with E-state index in [-0.39, 0.29) is 5.78 Å². The maximum absolute atomic E-state index is 12.3. The van der Waals surface area contributed by atoms with Crippen molar-refractivity contribution in [3.05, 3.63) is 63.6 Å². The molecule has 0 aliphatic rings. The lowest BCUT2D eigenvalue weighted by atomic mass is 10.1. The number of Topliss-reactive ketones (excluding diaryl/α,β-unsaturated/α-hetero) is 1. The molecular formula is C16H12Cl2O3. The zero-order valence-electron chi connectivity index (χ0n) is 11.2. The predicted molar refractivity (Wildman–Crippen MR) is 82.7 cm³/mol. The van der Waals surface area contributed by atoms with Crippen LogP contribution in [0.25, 0.3) is 0 Å². The number of ether oxygens (including phenoxy) is 1. The van der Waals surface area contributed by atoms with Gasteiger partial charge in [0, 0.05) is 16.1 Å². The normalized spacial score (nSPS) is 11.8. The molecule has 108 valence electrons. The third-order valence-corrected chi connectivity index (χ3v) is 3.44. The lowest BCUT2D eigenvalue weighted by Gasteiger charge is -2.14. The molecule has 1 unspecified atom stereocenters. The summed E-state index contributed by atoms with van der Waals surface area (Å²) in [6, 6.07) is 11.2. The smallest absolute Gasteiger partial charge is 0.204 e. The summed E-state index contributed by atoms with van der Waals surface area (Å²) in [5.74, 6) is 0.266. The van der Waals surface area contributed by atoms with Crippen LogP contribution in [0.1, 0.15) is 27.6 Å². The third-order valence-electron chi connectivity index (χ3n) is 2.89. The number of aldehydes is 1. The standard InChI is InChI=1S/C16H12Cl2O3/c1-10(21-13-5-2-11(9-19)3-6-13)16(20)14-7-4-12(17)8-15(14)18/h2-10H,1H3. The third kappa shape index (κ3) is 3.84. The van der Waals surface area contributed by atoms with E-state index in [1.165, 1.54) is 6.07 Å². The molecule has 21 heavy (non-hydrogen) atoms. The Balaban J connectivity index is 2.13. The lowest BCUT2D eigenvalue weighted by molar-refractivity contribution is 0.0818. The van der Waals surface area contributed by atoms with Crippen molar-refractivity contribution >= 4 is 35.3 Å². The second kappa shape index (κ2) is 6.74. The molecule has 0 bridgehead atoms. The Morgan fingerprint density at radius 1 is 1.14 bits per heavy atom. The van der Waals surface area contributed by atoms with Crippen LogP contribution in [0.3, 0.4) is 0 Å². The summed E-state index contributed by atoms with van der Waals surface area (Å²) in [7, 11) is 0. The van der Waals surface area contributed by atoms with Crippen molar-refractivity contribution in [2.24, 2.45) is 0 Å². The fraction of sp³-hybridized carbons (Fsp3) is 0.125. The lowest BCUT2D eigenvalue weighted by Crippen LogP contribution is -2.24. The largest absolute Gasteiger partial charge is 0.483 e. The quantitative estimate of drug-likeness (QED) is 0.603. The topological polar surface area (TPSA) is 43.4 Å². The summed E-state index contributed by atoms with van der Waals surface area (Å²) in [6.45, 7) is 1.64. The fourth-order valence-electron chi connectivity index (χ4n) is 1.79. The average Bonchev–Trinajstić information content (AvgIpc) is 2.47. The number of hydrogen-bond acceptors (Lipinski definition) is 3. The molecule has 2 rings (SSSR count). The molecule has 0 N–H and O–H groups in total. The van der Waals surface area contributed by atoms with Crippen LogP contribution < -0.4 is 4.74 Å². The van der Waals surface area contributed by atoms with E-state index in [4.69, 9.17) is 27.9 Å². The first-order valence-corrected chi connectivity index (χ1v) is 6.98. The van der Waals surface area contributed by atoms with E-state index in [1.807, 2.05) is 0 Å². The Kier molecular flexibility index (Phi) is 4.99. The number of ketones is 1. The zero-order valence-corrected chi connectivity index (χ0v) is 12.7. The molecule has 2 aromatic carbocycles. The van der Waals surface area contributed by atoms with Gasteiger partial charge in [0.1, 0.15) is 12.0 Å². The first kappa shape index (κ1) is 15.5. The van der Waals surface area contributed by atoms with E-state index in [9.17, 15) is 9.59 Å². The van der Waals surface area contributed by atoms with Gasteiger partial charge in [-0.05, 0) is 49.4 Å². The molecule has 0 heterocycles. The number of halogens is 2. The van der Waals surface area contributed by atoms with Crippen LogP contribution in [-0.4, -0.2) is 18.2 Å². The van der Waals surface area contributed by atoms with Crippen molar-refractivity contribution in [2.75, 3.05) is 0 Å². The van der Waals surface area contributed by atoms with Crippen molar-refractivity contribution in [2.45, 2.75) is 13.0 Å². The van der Waals surface area contributed by atoms with Gasteiger partial charge in [0.25, 0.3) is 0 Å². The molecule has 0 aromatic heterocycles. The summed E-state index contributed by atoms with van der Waals surface area (Å²) in [5.41, 5.74) is 0.903. The van der Waals surface area contributed by atoms with E-state index < -0.39 is 6.10 Å². The zero-order chi connectivity index (χ0) is 15.4. The highest BCUT2D eigenvalue weighted by Crippen LogP contribution is 2.23. The monoisotopic (exact) mass is 322 g/mol. The highest BCUT2D eigenvalue weighted by Gasteiger charge is 2.19. The number of hydrogen-bond donors (Lipinski definition) is 0. The highest BCUT2D eigenvalue weighted by molar-refractivity contribution is 6.37. The second-order valence-corrected chi connectivity index (χ2v) is 5.28. The maximum atomic E-state index is 12.3. The second-order valence-electron chi connectivity index (χ2n) is 4.44. The van der Waals surface area contributed by atoms with E-state index in [0.29, 0.717) is 26.9 Å². The van der Waals surface area contributed by atoms with Crippen LogP contribution in [0, 0.1) is 0 Å². The molecule has 5 heteroatoms. The van der Waals surface area contributed by atoms with Gasteiger partial charge in [0.05, 0.1) is 5.02 Å². The van der Waals surface area contributed by atoms with Crippen LogP contribution in [0.5, 0.6) is 5.75 Å². The van der Waals surface area contributed by atoms with Crippen molar-refractivity contribution in [3.63, 3.8) is 0 Å². The molecule has 0 amide bonds. The van der Waals surface area contributed by atoms with Crippen LogP contribution in [0.4, 0.5) is 0 Å². The number of rotatable bonds is 5. The van der Waals surface area contributed by atoms with E-state index in [2.05, 4.69) is 0 Å². The van der Waals surface area contributed by atoms with Crippen molar-refractivity contribution in [1.82, 2.24) is 0 Å². The number of benzene rings is 2. The number of carbonyl (C=O) groups is 2. The van der Waals surface area contributed by atoms with Gasteiger partial charge in [-0.1, -0.05) is 23.2 Å². The molecule has 0 aliphatic heterocycles. The Hall–Kier alpha value is -1.84. The van der Waals surface area contributed by atoms with Crippen LogP contribution in [0.2, 0.25) is 10.0 Å². The Bertz CT molecular complexity index is 666. The van der Waals surface area contributed by atoms with E-state index in [0.717, 1.165) is 6.29 Å². The van der Waals surface area contributed by atoms with E-state index >= 15 is 0 Å². The van der Waals surface area contributed by atoms with Gasteiger partial charge in [-0.3, -0.25) is 9.59 Å². The molecule has 0 spiro atoms. The highest BCUT2D eigenvalue weighted by atomic mass is 35.5. The molecule has 0 radical (unpaired) electrons. The summed E-state index contributed by atoms with van der Waals surface area (Å²) >= 11 is 11.8. The average molecular weight is 323 g/mol. The van der Waals surface area contributed by atoms with Crippen LogP contribution >= 0.6 is 23.2 Å². The molecule has 1 atom stereocenters. The summed E-state index contributed by atoms with van der Waals surface area (Å²) in [6.07, 6.45) is 0.0389. The van der Waals surface area contributed by atoms with Gasteiger partial charge in [-0.25, -0.2) is 0 Å². The Morgan fingerprint density at radius 2 is 1.81 bits per heavy atom. The molecule has 0 aliphatic carbocycles. The minimum Gasteiger partial charge on any atom is -0.483 e. The molecule has 3 nitrogen and oxygen atoms in total. The van der Waals surface area contributed by atoms with Crippen molar-refractivity contribution < 1.29 is 14.3 Å². The summed E-state index contributed by atoms with van der Waals surface area (Å²) < 4.78 is 5.56. The minimum atomic E-state index is -0.703. The van der Waals surface area contributed by atoms with Crippen molar-refractivity contribution in [1.29, 1.82) is 0 Å². The van der Waals surface area contributed by atoms with Crippen LogP contribution in [0.15, 0.2) is 42.5 Å². The van der Waals surface area contributed by atoms with Gasteiger partial charge in [-0.2, -0.15) is 0 Å². The fourth-order valence-corrected chi connectivity index (χ4v) is 2.29. The molecule has 0 saturated heterocycles. The van der Waals surface area contributed by atoms with Gasteiger partial charge < -0.3 is 4.74 Å². The van der Waals surface area contributed by atoms with Crippen LogP contribution in [-0.2, 0) is 0 Å². The van der Waals surface area contributed by atoms with Gasteiger partial charge >= 0.3 is 0 Å². The molecule has 0 fully saturated rings. The van der Waals surface area contributed by atoms with Crippen molar-refractivity contribution in [3.8, 4) is 5.75 Å². The maximum Gasteiger partial charge on any atom is 0.204 e. The Labute approximate surface area is 132 Å². The van der Waals surface area contributed by atoms with Gasteiger partial charge in [0.2, 0.25) is 5.78 Å². The summed E-state index contributed by atoms with van der Waals surface area (Å²) in [4.78, 5) is 22.9. The van der Waals surface area contributed by atoms with Gasteiger partial charge in [-0.15, -0.1) is 0 Å². The van der Waals surface area contributed by atoms with Gasteiger partial charge in [0.15, 0.2) is 6.10 Å². The minimum absolute atomic E-state index is 0.240. The predicted octanol–water partition coefficient (Wildman–Crippen LogP) is 4.46.